The first-order valence-corrected chi connectivity index (χ1v) is 10.7. The van der Waals surface area contributed by atoms with Crippen molar-refractivity contribution < 1.29 is 19.1 Å². The van der Waals surface area contributed by atoms with Crippen LogP contribution in [0.1, 0.15) is 32.8 Å². The van der Waals surface area contributed by atoms with E-state index in [1.54, 1.807) is 26.2 Å². The summed E-state index contributed by atoms with van der Waals surface area (Å²) >= 11 is 3.42. The Labute approximate surface area is 186 Å². The summed E-state index contributed by atoms with van der Waals surface area (Å²) in [4.78, 5) is 27.3. The van der Waals surface area contributed by atoms with Gasteiger partial charge in [0.1, 0.15) is 6.04 Å². The first-order chi connectivity index (χ1) is 14.3. The quantitative estimate of drug-likeness (QED) is 0.558. The minimum atomic E-state index is -0.642. The number of halogens is 1. The second kappa shape index (κ2) is 11.6. The van der Waals surface area contributed by atoms with Gasteiger partial charge in [0.15, 0.2) is 18.1 Å². The van der Waals surface area contributed by atoms with Crippen LogP contribution in [-0.4, -0.2) is 42.5 Å². The molecule has 0 fully saturated rings. The van der Waals surface area contributed by atoms with Crippen LogP contribution < -0.4 is 14.8 Å². The summed E-state index contributed by atoms with van der Waals surface area (Å²) in [6.07, 6.45) is 0.816. The van der Waals surface area contributed by atoms with Gasteiger partial charge in [-0.15, -0.1) is 0 Å². The number of methoxy groups -OCH3 is 1. The summed E-state index contributed by atoms with van der Waals surface area (Å²) in [6.45, 7) is 5.78. The topological polar surface area (TPSA) is 67.9 Å². The molecule has 0 bridgehead atoms. The van der Waals surface area contributed by atoms with Crippen molar-refractivity contribution in [2.45, 2.75) is 45.8 Å². The van der Waals surface area contributed by atoms with Gasteiger partial charge < -0.3 is 19.7 Å². The third-order valence-electron chi connectivity index (χ3n) is 4.85. The van der Waals surface area contributed by atoms with Crippen LogP contribution in [0.2, 0.25) is 0 Å². The smallest absolute Gasteiger partial charge is 0.261 e. The lowest BCUT2D eigenvalue weighted by Gasteiger charge is -2.29. The normalized spacial score (nSPS) is 12.6. The van der Waals surface area contributed by atoms with Crippen molar-refractivity contribution >= 4 is 27.7 Å². The zero-order chi connectivity index (χ0) is 22.1. The maximum Gasteiger partial charge on any atom is 0.261 e. The molecule has 162 valence electrons. The monoisotopic (exact) mass is 476 g/mol. The van der Waals surface area contributed by atoms with E-state index >= 15 is 0 Å². The van der Waals surface area contributed by atoms with E-state index in [1.807, 2.05) is 50.2 Å². The number of ether oxygens (including phenoxy) is 2. The van der Waals surface area contributed by atoms with E-state index in [4.69, 9.17) is 9.47 Å². The molecule has 7 heteroatoms. The van der Waals surface area contributed by atoms with Crippen LogP contribution >= 0.6 is 15.9 Å². The zero-order valence-electron chi connectivity index (χ0n) is 17.9. The predicted molar refractivity (Wildman–Crippen MR) is 121 cm³/mol. The molecule has 2 rings (SSSR count). The Balaban J connectivity index is 2.17. The van der Waals surface area contributed by atoms with Crippen LogP contribution in [-0.2, 0) is 16.1 Å². The zero-order valence-corrected chi connectivity index (χ0v) is 19.4. The van der Waals surface area contributed by atoms with E-state index in [0.717, 1.165) is 16.5 Å². The molecule has 0 aliphatic rings. The van der Waals surface area contributed by atoms with Crippen molar-refractivity contribution in [2.75, 3.05) is 13.7 Å². The second-order valence-electron chi connectivity index (χ2n) is 7.08. The van der Waals surface area contributed by atoms with Crippen molar-refractivity contribution in [3.05, 3.63) is 58.6 Å². The molecule has 6 nitrogen and oxygen atoms in total. The van der Waals surface area contributed by atoms with Gasteiger partial charge in [-0.25, -0.2) is 0 Å². The molecule has 2 atom stereocenters. The lowest BCUT2D eigenvalue weighted by atomic mass is 10.1. The fourth-order valence-corrected chi connectivity index (χ4v) is 3.06. The summed E-state index contributed by atoms with van der Waals surface area (Å²) < 4.78 is 11.9. The minimum Gasteiger partial charge on any atom is -0.493 e. The van der Waals surface area contributed by atoms with Gasteiger partial charge in [-0.05, 0) is 50.1 Å². The Morgan fingerprint density at radius 3 is 2.30 bits per heavy atom. The van der Waals surface area contributed by atoms with Gasteiger partial charge in [-0.3, -0.25) is 9.59 Å². The molecule has 0 unspecified atom stereocenters. The molecule has 30 heavy (non-hydrogen) atoms. The molecule has 2 aromatic rings. The number of carbonyl (C=O) groups is 2. The molecular weight excluding hydrogens is 448 g/mol. The van der Waals surface area contributed by atoms with Crippen molar-refractivity contribution in [1.29, 1.82) is 0 Å². The van der Waals surface area contributed by atoms with Gasteiger partial charge in [0, 0.05) is 17.1 Å². The first kappa shape index (κ1) is 23.7. The van der Waals surface area contributed by atoms with Crippen molar-refractivity contribution in [3.63, 3.8) is 0 Å². The van der Waals surface area contributed by atoms with Crippen LogP contribution in [0.5, 0.6) is 11.5 Å². The highest BCUT2D eigenvalue weighted by Gasteiger charge is 2.27. The summed E-state index contributed by atoms with van der Waals surface area (Å²) in [5.74, 6) is 0.559. The van der Waals surface area contributed by atoms with Gasteiger partial charge in [0.05, 0.1) is 7.11 Å². The SMILES string of the molecule is CC[C@H](C)NC(=O)[C@H](C)N(Cc1ccc(Br)cc1)C(=O)COc1ccccc1OC. The lowest BCUT2D eigenvalue weighted by Crippen LogP contribution is -2.50. The van der Waals surface area contributed by atoms with Crippen molar-refractivity contribution in [3.8, 4) is 11.5 Å². The summed E-state index contributed by atoms with van der Waals surface area (Å²) in [5.41, 5.74) is 0.923. The maximum atomic E-state index is 13.1. The van der Waals surface area contributed by atoms with E-state index in [2.05, 4.69) is 21.2 Å². The third-order valence-corrected chi connectivity index (χ3v) is 5.38. The molecule has 0 saturated heterocycles. The van der Waals surface area contributed by atoms with Gasteiger partial charge in [0.25, 0.3) is 5.91 Å². The first-order valence-electron chi connectivity index (χ1n) is 9.95. The Kier molecular flexibility index (Phi) is 9.17. The number of hydrogen-bond acceptors (Lipinski definition) is 4. The van der Waals surface area contributed by atoms with E-state index in [0.29, 0.717) is 18.0 Å². The Morgan fingerprint density at radius 2 is 1.70 bits per heavy atom. The number of nitrogens with zero attached hydrogens (tertiary/aromatic N) is 1. The van der Waals surface area contributed by atoms with Crippen LogP contribution in [0.4, 0.5) is 0 Å². The van der Waals surface area contributed by atoms with Crippen molar-refractivity contribution in [2.24, 2.45) is 0 Å². The predicted octanol–water partition coefficient (Wildman–Crippen LogP) is 4.17. The number of carbonyl (C=O) groups excluding carboxylic acids is 2. The number of benzene rings is 2. The van der Waals surface area contributed by atoms with Crippen LogP contribution in [0, 0.1) is 0 Å². The number of amides is 2. The molecule has 2 amide bonds. The molecular formula is C23H29BrN2O4. The largest absolute Gasteiger partial charge is 0.493 e. The van der Waals surface area contributed by atoms with Crippen LogP contribution in [0.3, 0.4) is 0 Å². The van der Waals surface area contributed by atoms with Gasteiger partial charge in [-0.2, -0.15) is 0 Å². The van der Waals surface area contributed by atoms with E-state index < -0.39 is 6.04 Å². The molecule has 0 radical (unpaired) electrons. The highest BCUT2D eigenvalue weighted by atomic mass is 79.9. The molecule has 0 heterocycles. The van der Waals surface area contributed by atoms with Crippen LogP contribution in [0.15, 0.2) is 53.0 Å². The fraction of sp³-hybridized carbons (Fsp3) is 0.391. The minimum absolute atomic E-state index is 0.0365. The summed E-state index contributed by atoms with van der Waals surface area (Å²) in [5, 5.41) is 2.95. The highest BCUT2D eigenvalue weighted by molar-refractivity contribution is 9.10. The van der Waals surface area contributed by atoms with E-state index in [-0.39, 0.29) is 24.5 Å². The van der Waals surface area contributed by atoms with Gasteiger partial charge >= 0.3 is 0 Å². The van der Waals surface area contributed by atoms with E-state index in [9.17, 15) is 9.59 Å². The fourth-order valence-electron chi connectivity index (χ4n) is 2.80. The molecule has 2 aromatic carbocycles. The molecule has 0 spiro atoms. The van der Waals surface area contributed by atoms with Gasteiger partial charge in [0.2, 0.25) is 5.91 Å². The van der Waals surface area contributed by atoms with E-state index in [1.165, 1.54) is 4.90 Å². The number of rotatable bonds is 10. The molecule has 0 aliphatic heterocycles. The average Bonchev–Trinajstić information content (AvgIpc) is 2.76. The van der Waals surface area contributed by atoms with Crippen LogP contribution in [0.25, 0.3) is 0 Å². The standard InChI is InChI=1S/C23H29BrN2O4/c1-5-16(2)25-23(28)17(3)26(14-18-10-12-19(24)13-11-18)22(27)15-30-21-9-7-6-8-20(21)29-4/h6-13,16-17H,5,14-15H2,1-4H3,(H,25,28)/t16-,17-/m0/s1. The number of nitrogens with one attached hydrogen (secondary N) is 1. The highest BCUT2D eigenvalue weighted by Crippen LogP contribution is 2.26. The lowest BCUT2D eigenvalue weighted by molar-refractivity contribution is -0.142. The average molecular weight is 477 g/mol. The summed E-state index contributed by atoms with van der Waals surface area (Å²) in [6, 6.07) is 14.2. The van der Waals surface area contributed by atoms with Crippen molar-refractivity contribution in [1.82, 2.24) is 10.2 Å². The summed E-state index contributed by atoms with van der Waals surface area (Å²) in [7, 11) is 1.55. The number of para-hydroxylation sites is 2. The molecule has 0 aliphatic carbocycles. The second-order valence-corrected chi connectivity index (χ2v) is 8.00. The Bertz CT molecular complexity index is 841. The Hall–Kier alpha value is -2.54. The Morgan fingerprint density at radius 1 is 1.07 bits per heavy atom. The van der Waals surface area contributed by atoms with Gasteiger partial charge in [-0.1, -0.05) is 47.1 Å². The number of hydrogen-bond donors (Lipinski definition) is 1. The molecule has 0 aromatic heterocycles. The molecule has 0 saturated carbocycles. The third kappa shape index (κ3) is 6.76. The maximum absolute atomic E-state index is 13.1. The molecule has 1 N–H and O–H groups in total.